The van der Waals surface area contributed by atoms with Crippen molar-refractivity contribution in [3.8, 4) is 0 Å². The molecule has 0 aromatic heterocycles. The van der Waals surface area contributed by atoms with Crippen LogP contribution < -0.4 is 0 Å². The fourth-order valence-corrected chi connectivity index (χ4v) is 1.33. The summed E-state index contributed by atoms with van der Waals surface area (Å²) in [4.78, 5) is 0. The molecule has 0 N–H and O–H groups in total. The second kappa shape index (κ2) is 3.24. The van der Waals surface area contributed by atoms with Gasteiger partial charge >= 0.3 is 7.12 Å². The molecule has 2 nitrogen and oxygen atoms in total. The molecule has 1 heterocycles. The van der Waals surface area contributed by atoms with Gasteiger partial charge < -0.3 is 9.31 Å². The summed E-state index contributed by atoms with van der Waals surface area (Å²) in [5, 5.41) is 0.0883. The predicted octanol–water partition coefficient (Wildman–Crippen LogP) is 3.27. The minimum Gasteiger partial charge on any atom is -0.403 e. The molecule has 0 aromatic rings. The van der Waals surface area contributed by atoms with Gasteiger partial charge in [0.25, 0.3) is 0 Å². The molecule has 0 aromatic carbocycles. The molecule has 0 bridgehead atoms. The highest BCUT2D eigenvalue weighted by molar-refractivity contribution is 6.49. The largest absolute Gasteiger partial charge is 0.463 e. The third-order valence-corrected chi connectivity index (χ3v) is 3.80. The van der Waals surface area contributed by atoms with Crippen molar-refractivity contribution >= 4 is 7.12 Å². The van der Waals surface area contributed by atoms with E-state index in [4.69, 9.17) is 9.31 Å². The van der Waals surface area contributed by atoms with Crippen molar-refractivity contribution in [2.45, 2.75) is 71.4 Å². The average molecular weight is 198 g/mol. The predicted molar refractivity (Wildman–Crippen MR) is 60.4 cm³/mol. The fraction of sp³-hybridized carbons (Fsp3) is 1.00. The van der Waals surface area contributed by atoms with E-state index >= 15 is 0 Å². The van der Waals surface area contributed by atoms with E-state index in [0.29, 0.717) is 0 Å². The van der Waals surface area contributed by atoms with E-state index in [1.807, 2.05) is 0 Å². The zero-order chi connectivity index (χ0) is 11.2. The first-order valence-corrected chi connectivity index (χ1v) is 5.48. The molecule has 1 rings (SSSR count). The Morgan fingerprint density at radius 2 is 1.36 bits per heavy atom. The van der Waals surface area contributed by atoms with Crippen molar-refractivity contribution in [1.82, 2.24) is 0 Å². The van der Waals surface area contributed by atoms with Crippen molar-refractivity contribution in [2.24, 2.45) is 0 Å². The lowest BCUT2D eigenvalue weighted by atomic mass is 9.58. The lowest BCUT2D eigenvalue weighted by Crippen LogP contribution is -2.41. The lowest BCUT2D eigenvalue weighted by Gasteiger charge is -2.32. The van der Waals surface area contributed by atoms with Gasteiger partial charge in [0.1, 0.15) is 0 Å². The molecule has 82 valence electrons. The molecular weight excluding hydrogens is 175 g/mol. The Balaban J connectivity index is 2.83. The molecule has 0 spiro atoms. The van der Waals surface area contributed by atoms with Gasteiger partial charge in [-0.1, -0.05) is 27.2 Å². The number of hydrogen-bond acceptors (Lipinski definition) is 2. The molecule has 0 amide bonds. The van der Waals surface area contributed by atoms with Crippen LogP contribution in [0, 0.1) is 0 Å². The maximum atomic E-state index is 6.00. The quantitative estimate of drug-likeness (QED) is 0.634. The standard InChI is InChI=1S/C11H23BO2/c1-8-9(2,3)12-13-10(4,5)11(6,7)14-12/h8H2,1-7H3. The van der Waals surface area contributed by atoms with Crippen LogP contribution in [0.25, 0.3) is 0 Å². The molecule has 14 heavy (non-hydrogen) atoms. The smallest absolute Gasteiger partial charge is 0.403 e. The lowest BCUT2D eigenvalue weighted by molar-refractivity contribution is 0.00578. The summed E-state index contributed by atoms with van der Waals surface area (Å²) in [7, 11) is -0.0856. The third kappa shape index (κ3) is 1.85. The molecule has 1 aliphatic heterocycles. The van der Waals surface area contributed by atoms with Gasteiger partial charge in [-0.3, -0.25) is 0 Å². The van der Waals surface area contributed by atoms with E-state index in [1.54, 1.807) is 0 Å². The Hall–Kier alpha value is -0.0151. The summed E-state index contributed by atoms with van der Waals surface area (Å²) < 4.78 is 12.0. The van der Waals surface area contributed by atoms with Crippen LogP contribution in [-0.2, 0) is 9.31 Å². The van der Waals surface area contributed by atoms with Gasteiger partial charge in [-0.15, -0.1) is 0 Å². The first kappa shape index (κ1) is 12.1. The SMILES string of the molecule is CCC(C)(C)B1OC(C)(C)C(C)(C)O1. The highest BCUT2D eigenvalue weighted by atomic mass is 16.7. The van der Waals surface area contributed by atoms with Crippen LogP contribution in [0.15, 0.2) is 0 Å². The normalized spacial score (nSPS) is 25.5. The summed E-state index contributed by atoms with van der Waals surface area (Å²) in [5.41, 5.74) is -0.409. The monoisotopic (exact) mass is 198 g/mol. The van der Waals surface area contributed by atoms with Crippen LogP contribution in [0.4, 0.5) is 0 Å². The second-order valence-electron chi connectivity index (χ2n) is 5.93. The maximum Gasteiger partial charge on any atom is 0.463 e. The van der Waals surface area contributed by atoms with Gasteiger partial charge in [-0.05, 0) is 33.0 Å². The van der Waals surface area contributed by atoms with Crippen molar-refractivity contribution in [3.05, 3.63) is 0 Å². The van der Waals surface area contributed by atoms with Crippen LogP contribution in [0.1, 0.15) is 54.9 Å². The van der Waals surface area contributed by atoms with Crippen LogP contribution in [-0.4, -0.2) is 18.3 Å². The Bertz CT molecular complexity index is 205. The van der Waals surface area contributed by atoms with Crippen LogP contribution in [0.2, 0.25) is 5.31 Å². The Morgan fingerprint density at radius 1 is 1.00 bits per heavy atom. The zero-order valence-electron chi connectivity index (χ0n) is 10.6. The van der Waals surface area contributed by atoms with Crippen molar-refractivity contribution in [3.63, 3.8) is 0 Å². The van der Waals surface area contributed by atoms with E-state index < -0.39 is 0 Å². The van der Waals surface area contributed by atoms with E-state index in [0.717, 1.165) is 6.42 Å². The zero-order valence-corrected chi connectivity index (χ0v) is 10.6. The minimum atomic E-state index is -0.204. The molecule has 1 aliphatic rings. The van der Waals surface area contributed by atoms with Crippen LogP contribution in [0.3, 0.4) is 0 Å². The molecule has 0 aliphatic carbocycles. The van der Waals surface area contributed by atoms with E-state index in [2.05, 4.69) is 48.5 Å². The Kier molecular flexibility index (Phi) is 2.79. The molecule has 0 saturated carbocycles. The third-order valence-electron chi connectivity index (χ3n) is 3.80. The maximum absolute atomic E-state index is 6.00. The molecule has 1 saturated heterocycles. The van der Waals surface area contributed by atoms with Crippen molar-refractivity contribution in [2.75, 3.05) is 0 Å². The van der Waals surface area contributed by atoms with Gasteiger partial charge in [0, 0.05) is 0 Å². The molecule has 1 fully saturated rings. The van der Waals surface area contributed by atoms with Crippen LogP contribution >= 0.6 is 0 Å². The van der Waals surface area contributed by atoms with E-state index in [-0.39, 0.29) is 23.6 Å². The number of rotatable bonds is 2. The summed E-state index contributed by atoms with van der Waals surface area (Å²) in [6.45, 7) is 14.9. The molecule has 0 atom stereocenters. The first-order chi connectivity index (χ1) is 6.12. The average Bonchev–Trinajstić information content (AvgIpc) is 2.22. The van der Waals surface area contributed by atoms with Gasteiger partial charge in [-0.2, -0.15) is 0 Å². The van der Waals surface area contributed by atoms with E-state index in [1.165, 1.54) is 0 Å². The summed E-state index contributed by atoms with van der Waals surface area (Å²) in [6.07, 6.45) is 1.06. The highest BCUT2D eigenvalue weighted by Crippen LogP contribution is 2.45. The fourth-order valence-electron chi connectivity index (χ4n) is 1.33. The molecule has 0 unspecified atom stereocenters. The summed E-state index contributed by atoms with van der Waals surface area (Å²) in [6, 6.07) is 0. The molecule has 3 heteroatoms. The number of hydrogen-bond donors (Lipinski definition) is 0. The second-order valence-corrected chi connectivity index (χ2v) is 5.93. The van der Waals surface area contributed by atoms with Crippen LogP contribution in [0.5, 0.6) is 0 Å². The van der Waals surface area contributed by atoms with Gasteiger partial charge in [0.05, 0.1) is 11.2 Å². The van der Waals surface area contributed by atoms with Crippen molar-refractivity contribution in [1.29, 1.82) is 0 Å². The van der Waals surface area contributed by atoms with Gasteiger partial charge in [0.2, 0.25) is 0 Å². The first-order valence-electron chi connectivity index (χ1n) is 5.48. The van der Waals surface area contributed by atoms with Gasteiger partial charge in [-0.25, -0.2) is 0 Å². The van der Waals surface area contributed by atoms with Crippen molar-refractivity contribution < 1.29 is 9.31 Å². The minimum absolute atomic E-state index is 0.0856. The topological polar surface area (TPSA) is 18.5 Å². The summed E-state index contributed by atoms with van der Waals surface area (Å²) >= 11 is 0. The Labute approximate surface area is 88.5 Å². The van der Waals surface area contributed by atoms with E-state index in [9.17, 15) is 0 Å². The Morgan fingerprint density at radius 3 is 1.64 bits per heavy atom. The highest BCUT2D eigenvalue weighted by Gasteiger charge is 2.55. The summed E-state index contributed by atoms with van der Waals surface area (Å²) in [5.74, 6) is 0. The molecule has 0 radical (unpaired) electrons. The van der Waals surface area contributed by atoms with Gasteiger partial charge in [0.15, 0.2) is 0 Å². The molecular formula is C11H23BO2.